The van der Waals surface area contributed by atoms with Crippen LogP contribution in [0.15, 0.2) is 36.5 Å². The van der Waals surface area contributed by atoms with E-state index in [2.05, 4.69) is 10.3 Å². The van der Waals surface area contributed by atoms with Crippen LogP contribution in [0.5, 0.6) is 17.4 Å². The molecule has 2 rings (SSSR count). The summed E-state index contributed by atoms with van der Waals surface area (Å²) >= 11 is 0. The molecule has 2 aromatic rings. The summed E-state index contributed by atoms with van der Waals surface area (Å²) in [4.78, 5) is 16.5. The lowest BCUT2D eigenvalue weighted by molar-refractivity contribution is -0.121. The first-order valence-corrected chi connectivity index (χ1v) is 8.72. The van der Waals surface area contributed by atoms with E-state index in [1.54, 1.807) is 20.4 Å². The van der Waals surface area contributed by atoms with E-state index in [1.165, 1.54) is 0 Å². The van der Waals surface area contributed by atoms with Gasteiger partial charge in [-0.1, -0.05) is 13.0 Å². The molecule has 0 aliphatic heterocycles. The predicted octanol–water partition coefficient (Wildman–Crippen LogP) is 3.14. The van der Waals surface area contributed by atoms with Crippen LogP contribution in [0.2, 0.25) is 0 Å². The van der Waals surface area contributed by atoms with Crippen molar-refractivity contribution in [2.75, 3.05) is 20.8 Å². The van der Waals surface area contributed by atoms with Gasteiger partial charge in [0.25, 0.3) is 0 Å². The van der Waals surface area contributed by atoms with Gasteiger partial charge in [-0.3, -0.25) is 4.79 Å². The van der Waals surface area contributed by atoms with Crippen LogP contribution in [0, 0.1) is 0 Å². The lowest BCUT2D eigenvalue weighted by Crippen LogP contribution is -2.23. The van der Waals surface area contributed by atoms with Crippen molar-refractivity contribution in [1.29, 1.82) is 0 Å². The minimum atomic E-state index is -0.0415. The van der Waals surface area contributed by atoms with Crippen LogP contribution in [0.25, 0.3) is 0 Å². The molecular formula is C20H26N2O4. The highest BCUT2D eigenvalue weighted by Gasteiger charge is 2.10. The maximum absolute atomic E-state index is 12.2. The number of benzene rings is 1. The van der Waals surface area contributed by atoms with E-state index >= 15 is 0 Å². The van der Waals surface area contributed by atoms with Crippen molar-refractivity contribution in [2.24, 2.45) is 0 Å². The summed E-state index contributed by atoms with van der Waals surface area (Å²) < 4.78 is 16.2. The molecule has 0 radical (unpaired) electrons. The van der Waals surface area contributed by atoms with Gasteiger partial charge in [-0.05, 0) is 42.7 Å². The number of amides is 1. The molecule has 1 heterocycles. The Labute approximate surface area is 154 Å². The zero-order chi connectivity index (χ0) is 18.8. The SMILES string of the molecule is CCCOc1ncccc1CNC(=O)CCc1cc(OC)ccc1OC. The number of hydrogen-bond donors (Lipinski definition) is 1. The Morgan fingerprint density at radius 1 is 1.15 bits per heavy atom. The third kappa shape index (κ3) is 5.65. The lowest BCUT2D eigenvalue weighted by Gasteiger charge is -2.12. The highest BCUT2D eigenvalue weighted by Crippen LogP contribution is 2.25. The van der Waals surface area contributed by atoms with Crippen molar-refractivity contribution in [2.45, 2.75) is 32.7 Å². The highest BCUT2D eigenvalue weighted by molar-refractivity contribution is 5.76. The number of rotatable bonds is 10. The van der Waals surface area contributed by atoms with Crippen LogP contribution in [0.1, 0.15) is 30.9 Å². The second-order valence-electron chi connectivity index (χ2n) is 5.77. The summed E-state index contributed by atoms with van der Waals surface area (Å²) in [5.74, 6) is 2.03. The van der Waals surface area contributed by atoms with Crippen molar-refractivity contribution >= 4 is 5.91 Å². The first-order chi connectivity index (χ1) is 12.7. The van der Waals surface area contributed by atoms with Gasteiger partial charge in [0.2, 0.25) is 11.8 Å². The van der Waals surface area contributed by atoms with Crippen LogP contribution in [-0.4, -0.2) is 31.7 Å². The quantitative estimate of drug-likeness (QED) is 0.707. The van der Waals surface area contributed by atoms with Crippen LogP contribution in [0.4, 0.5) is 0 Å². The number of aromatic nitrogens is 1. The first-order valence-electron chi connectivity index (χ1n) is 8.72. The van der Waals surface area contributed by atoms with Crippen molar-refractivity contribution in [1.82, 2.24) is 10.3 Å². The van der Waals surface area contributed by atoms with E-state index in [9.17, 15) is 4.79 Å². The second-order valence-corrected chi connectivity index (χ2v) is 5.77. The molecular weight excluding hydrogens is 332 g/mol. The van der Waals surface area contributed by atoms with Gasteiger partial charge < -0.3 is 19.5 Å². The van der Waals surface area contributed by atoms with Crippen LogP contribution in [-0.2, 0) is 17.8 Å². The zero-order valence-electron chi connectivity index (χ0n) is 15.6. The van der Waals surface area contributed by atoms with Gasteiger partial charge in [-0.2, -0.15) is 0 Å². The molecule has 0 atom stereocenters. The Kier molecular flexibility index (Phi) is 7.74. The maximum atomic E-state index is 12.2. The van der Waals surface area contributed by atoms with Gasteiger partial charge in [0.05, 0.1) is 20.8 Å². The third-order valence-electron chi connectivity index (χ3n) is 3.88. The second kappa shape index (κ2) is 10.3. The predicted molar refractivity (Wildman–Crippen MR) is 99.7 cm³/mol. The molecule has 0 aliphatic rings. The smallest absolute Gasteiger partial charge is 0.220 e. The fraction of sp³-hybridized carbons (Fsp3) is 0.400. The monoisotopic (exact) mass is 358 g/mol. The Morgan fingerprint density at radius 2 is 2.00 bits per heavy atom. The molecule has 140 valence electrons. The number of nitrogens with zero attached hydrogens (tertiary/aromatic N) is 1. The van der Waals surface area contributed by atoms with E-state index in [0.29, 0.717) is 31.9 Å². The molecule has 1 aromatic carbocycles. The summed E-state index contributed by atoms with van der Waals surface area (Å²) in [6, 6.07) is 9.32. The minimum absolute atomic E-state index is 0.0415. The molecule has 0 saturated carbocycles. The first kappa shape index (κ1) is 19.6. The number of carbonyl (C=O) groups is 1. The number of hydrogen-bond acceptors (Lipinski definition) is 5. The van der Waals surface area contributed by atoms with E-state index < -0.39 is 0 Å². The van der Waals surface area contributed by atoms with E-state index in [-0.39, 0.29) is 5.91 Å². The van der Waals surface area contributed by atoms with Gasteiger partial charge in [0.15, 0.2) is 0 Å². The summed E-state index contributed by atoms with van der Waals surface area (Å²) in [6.45, 7) is 3.03. The van der Waals surface area contributed by atoms with E-state index in [4.69, 9.17) is 14.2 Å². The number of pyridine rings is 1. The molecule has 6 nitrogen and oxygen atoms in total. The van der Waals surface area contributed by atoms with Crippen LogP contribution < -0.4 is 19.5 Å². The summed E-state index contributed by atoms with van der Waals surface area (Å²) in [6.07, 6.45) is 3.52. The largest absolute Gasteiger partial charge is 0.497 e. The van der Waals surface area contributed by atoms with Gasteiger partial charge in [0, 0.05) is 24.7 Å². The molecule has 0 saturated heterocycles. The Bertz CT molecular complexity index is 719. The summed E-state index contributed by atoms with van der Waals surface area (Å²) in [5, 5.41) is 2.92. The molecule has 0 unspecified atom stereocenters. The third-order valence-corrected chi connectivity index (χ3v) is 3.88. The molecule has 1 amide bonds. The van der Waals surface area contributed by atoms with E-state index in [1.807, 2.05) is 37.3 Å². The van der Waals surface area contributed by atoms with Crippen LogP contribution >= 0.6 is 0 Å². The van der Waals surface area contributed by atoms with Gasteiger partial charge >= 0.3 is 0 Å². The average molecular weight is 358 g/mol. The summed E-state index contributed by atoms with van der Waals surface area (Å²) in [7, 11) is 3.23. The zero-order valence-corrected chi connectivity index (χ0v) is 15.6. The van der Waals surface area contributed by atoms with Crippen molar-refractivity contribution in [3.05, 3.63) is 47.7 Å². The fourth-order valence-corrected chi connectivity index (χ4v) is 2.50. The molecule has 0 fully saturated rings. The highest BCUT2D eigenvalue weighted by atomic mass is 16.5. The normalized spacial score (nSPS) is 10.3. The lowest BCUT2D eigenvalue weighted by atomic mass is 10.1. The fourth-order valence-electron chi connectivity index (χ4n) is 2.50. The van der Waals surface area contributed by atoms with Gasteiger partial charge in [0.1, 0.15) is 11.5 Å². The minimum Gasteiger partial charge on any atom is -0.497 e. The topological polar surface area (TPSA) is 69.7 Å². The van der Waals surface area contributed by atoms with Gasteiger partial charge in [-0.15, -0.1) is 0 Å². The molecule has 0 bridgehead atoms. The van der Waals surface area contributed by atoms with Crippen molar-refractivity contribution < 1.29 is 19.0 Å². The van der Waals surface area contributed by atoms with Gasteiger partial charge in [-0.25, -0.2) is 4.98 Å². The van der Waals surface area contributed by atoms with Crippen LogP contribution in [0.3, 0.4) is 0 Å². The molecule has 0 spiro atoms. The number of carbonyl (C=O) groups excluding carboxylic acids is 1. The van der Waals surface area contributed by atoms with Crippen molar-refractivity contribution in [3.8, 4) is 17.4 Å². The average Bonchev–Trinajstić information content (AvgIpc) is 2.69. The summed E-state index contributed by atoms with van der Waals surface area (Å²) in [5.41, 5.74) is 1.81. The number of nitrogens with one attached hydrogen (secondary N) is 1. The molecule has 26 heavy (non-hydrogen) atoms. The molecule has 0 aliphatic carbocycles. The number of ether oxygens (including phenoxy) is 3. The standard InChI is InChI=1S/C20H26N2O4/c1-4-12-26-20-16(6-5-11-21-20)14-22-19(23)10-7-15-13-17(24-2)8-9-18(15)25-3/h5-6,8-9,11,13H,4,7,10,12,14H2,1-3H3,(H,22,23). The van der Waals surface area contributed by atoms with E-state index in [0.717, 1.165) is 29.0 Å². The Balaban J connectivity index is 1.90. The molecule has 6 heteroatoms. The number of aryl methyl sites for hydroxylation is 1. The Hall–Kier alpha value is -2.76. The van der Waals surface area contributed by atoms with Crippen molar-refractivity contribution in [3.63, 3.8) is 0 Å². The maximum Gasteiger partial charge on any atom is 0.220 e. The molecule has 1 N–H and O–H groups in total. The Morgan fingerprint density at radius 3 is 2.73 bits per heavy atom. The number of methoxy groups -OCH3 is 2. The molecule has 1 aromatic heterocycles.